The predicted molar refractivity (Wildman–Crippen MR) is 200 cm³/mol. The quantitative estimate of drug-likeness (QED) is 0.211. The Balaban J connectivity index is 0. The zero-order chi connectivity index (χ0) is 32.1. The number of nitrogens with one attached hydrogen (secondary N) is 3. The van der Waals surface area contributed by atoms with Crippen LogP contribution in [0.15, 0.2) is 0 Å². The van der Waals surface area contributed by atoms with Gasteiger partial charge in [0.05, 0.1) is 41.8 Å². The van der Waals surface area contributed by atoms with E-state index in [4.69, 9.17) is 0 Å². The van der Waals surface area contributed by atoms with Crippen LogP contribution in [0.1, 0.15) is 48.4 Å². The Bertz CT molecular complexity index is 1450. The second kappa shape index (κ2) is 20.9. The van der Waals surface area contributed by atoms with Gasteiger partial charge in [-0.2, -0.15) is 0 Å². The van der Waals surface area contributed by atoms with Crippen LogP contribution in [0, 0.1) is 21.4 Å². The molecule has 0 radical (unpaired) electrons. The summed E-state index contributed by atoms with van der Waals surface area (Å²) in [5.41, 5.74) is 1.41. The molecular formula is C23H18I6N4Na2O8. The Labute approximate surface area is 373 Å². The molecule has 0 aliphatic rings. The molecule has 0 aliphatic carbocycles. The van der Waals surface area contributed by atoms with Gasteiger partial charge in [-0.05, 0) is 136 Å². The summed E-state index contributed by atoms with van der Waals surface area (Å²) in [6, 6.07) is 0. The molecule has 12 nitrogen and oxygen atoms in total. The van der Waals surface area contributed by atoms with Crippen molar-refractivity contribution in [2.24, 2.45) is 0 Å². The molecule has 2 aromatic rings. The van der Waals surface area contributed by atoms with Crippen LogP contribution in [0.3, 0.4) is 0 Å². The second-order valence-electron chi connectivity index (χ2n) is 7.80. The van der Waals surface area contributed by atoms with Crippen LogP contribution in [-0.4, -0.2) is 42.6 Å². The number of benzene rings is 2. The zero-order valence-corrected chi connectivity index (χ0v) is 40.4. The van der Waals surface area contributed by atoms with Crippen LogP contribution in [0.2, 0.25) is 0 Å². The average Bonchev–Trinajstić information content (AvgIpc) is 2.81. The first-order chi connectivity index (χ1) is 18.8. The molecule has 0 saturated heterocycles. The van der Waals surface area contributed by atoms with Gasteiger partial charge in [0.1, 0.15) is 0 Å². The van der Waals surface area contributed by atoms with Crippen LogP contribution in [0.5, 0.6) is 0 Å². The molecule has 0 spiro atoms. The number of nitrogens with zero attached hydrogens (tertiary/aromatic N) is 1. The fourth-order valence-electron chi connectivity index (χ4n) is 2.98. The van der Waals surface area contributed by atoms with E-state index in [-0.39, 0.29) is 93.9 Å². The Kier molecular flexibility index (Phi) is 22.7. The van der Waals surface area contributed by atoms with Crippen molar-refractivity contribution in [3.63, 3.8) is 0 Å². The fraction of sp³-hybridized carbons (Fsp3) is 0.217. The molecule has 4 amide bonds. The third kappa shape index (κ3) is 12.6. The maximum absolute atomic E-state index is 11.6. The maximum Gasteiger partial charge on any atom is 1.00 e. The molecule has 222 valence electrons. The molecule has 43 heavy (non-hydrogen) atoms. The molecule has 0 saturated carbocycles. The Morgan fingerprint density at radius 2 is 0.814 bits per heavy atom. The third-order valence-corrected chi connectivity index (χ3v) is 11.1. The Morgan fingerprint density at radius 3 is 1.07 bits per heavy atom. The number of carboxylic acids is 2. The van der Waals surface area contributed by atoms with Crippen molar-refractivity contribution in [3.8, 4) is 0 Å². The molecule has 0 fully saturated rings. The minimum Gasteiger partial charge on any atom is -0.545 e. The Morgan fingerprint density at radius 1 is 0.535 bits per heavy atom. The summed E-state index contributed by atoms with van der Waals surface area (Å²) in [5.74, 6) is -3.96. The fourth-order valence-corrected chi connectivity index (χ4v) is 11.7. The van der Waals surface area contributed by atoms with E-state index in [1.807, 2.05) is 136 Å². The van der Waals surface area contributed by atoms with Gasteiger partial charge in [-0.25, -0.2) is 0 Å². The number of aromatic carboxylic acids is 2. The molecule has 3 N–H and O–H groups in total. The summed E-state index contributed by atoms with van der Waals surface area (Å²) in [5, 5.41) is 30.4. The van der Waals surface area contributed by atoms with E-state index in [1.54, 1.807) is 7.05 Å². The molecule has 0 atom stereocenters. The monoisotopic (exact) mass is 1290 g/mol. The number of carbonyl (C=O) groups is 6. The third-order valence-electron chi connectivity index (χ3n) is 4.73. The molecule has 0 aliphatic heterocycles. The molecule has 2 aromatic carbocycles. The first-order valence-electron chi connectivity index (χ1n) is 10.7. The van der Waals surface area contributed by atoms with E-state index >= 15 is 0 Å². The van der Waals surface area contributed by atoms with Crippen molar-refractivity contribution < 1.29 is 98.1 Å². The number of hydrogen-bond donors (Lipinski definition) is 3. The molecule has 0 aromatic heterocycles. The molecular weight excluding hydrogens is 1270 g/mol. The van der Waals surface area contributed by atoms with E-state index in [1.165, 1.54) is 32.6 Å². The van der Waals surface area contributed by atoms with Gasteiger partial charge in [-0.3, -0.25) is 19.2 Å². The van der Waals surface area contributed by atoms with Crippen LogP contribution < -0.4 is 90.2 Å². The summed E-state index contributed by atoms with van der Waals surface area (Å²) in [7, 11) is 1.55. The number of halogens is 6. The second-order valence-corrected chi connectivity index (χ2v) is 14.3. The summed E-state index contributed by atoms with van der Waals surface area (Å²) < 4.78 is 2.65. The van der Waals surface area contributed by atoms with Crippen molar-refractivity contribution in [2.45, 2.75) is 27.7 Å². The predicted octanol–water partition coefficient (Wildman–Crippen LogP) is -2.41. The summed E-state index contributed by atoms with van der Waals surface area (Å²) in [6.45, 7) is 5.35. The van der Waals surface area contributed by atoms with E-state index in [2.05, 4.69) is 16.0 Å². The molecule has 0 unspecified atom stereocenters. The van der Waals surface area contributed by atoms with Crippen molar-refractivity contribution in [1.29, 1.82) is 0 Å². The van der Waals surface area contributed by atoms with Gasteiger partial charge >= 0.3 is 59.1 Å². The van der Waals surface area contributed by atoms with E-state index < -0.39 is 11.9 Å². The van der Waals surface area contributed by atoms with Crippen LogP contribution in [0.4, 0.5) is 22.7 Å². The van der Waals surface area contributed by atoms with Crippen LogP contribution >= 0.6 is 136 Å². The van der Waals surface area contributed by atoms with Crippen LogP contribution in [-0.2, 0) is 19.2 Å². The minimum atomic E-state index is -1.37. The van der Waals surface area contributed by atoms with Gasteiger partial charge < -0.3 is 40.7 Å². The van der Waals surface area contributed by atoms with Crippen LogP contribution in [0.25, 0.3) is 0 Å². The van der Waals surface area contributed by atoms with Gasteiger partial charge in [-0.15, -0.1) is 0 Å². The first-order valence-corrected chi connectivity index (χ1v) is 17.1. The summed E-state index contributed by atoms with van der Waals surface area (Å²) in [6.07, 6.45) is 0. The van der Waals surface area contributed by atoms with Crippen molar-refractivity contribution in [2.75, 3.05) is 27.9 Å². The average molecular weight is 1290 g/mol. The van der Waals surface area contributed by atoms with Crippen molar-refractivity contribution in [3.05, 3.63) is 32.5 Å². The van der Waals surface area contributed by atoms with Gasteiger partial charge in [0.25, 0.3) is 0 Å². The summed E-state index contributed by atoms with van der Waals surface area (Å²) in [4.78, 5) is 69.5. The van der Waals surface area contributed by atoms with Crippen molar-refractivity contribution >= 4 is 194 Å². The zero-order valence-electron chi connectivity index (χ0n) is 23.5. The normalized spacial score (nSPS) is 9.65. The standard InChI is InChI=1S/C12H11I3N2O4.C11H9I3N2O4.2Na/c1-4(18)16-10-7(13)6(12(20)21)8(14)11(9(10)15)17(3)5(2)19;1-3(17)15-9-6(12)5(11(19)20)7(13)10(8(9)14)16-4(2)18;;/h1-3H3,(H,16,18)(H,20,21);1-2H3,(H,15,17)(H,16,18)(H,19,20);;/q;;2*+1/p-2. The van der Waals surface area contributed by atoms with Gasteiger partial charge in [0.15, 0.2) is 0 Å². The van der Waals surface area contributed by atoms with Gasteiger partial charge in [0.2, 0.25) is 23.6 Å². The number of hydrogen-bond acceptors (Lipinski definition) is 8. The first kappa shape index (κ1) is 46.8. The molecule has 0 bridgehead atoms. The smallest absolute Gasteiger partial charge is 0.545 e. The SMILES string of the molecule is CC(=O)Nc1c(I)c(C(=O)[O-])c(I)c(N(C)C(C)=O)c1I.CC(=O)Nc1c(I)c(NC(C)=O)c(I)c(C(=O)[O-])c1I.[Na+].[Na+]. The van der Waals surface area contributed by atoms with E-state index in [0.717, 1.165) is 0 Å². The molecule has 0 heterocycles. The number of carbonyl (C=O) groups excluding carboxylic acids is 6. The summed E-state index contributed by atoms with van der Waals surface area (Å²) >= 11 is 11.3. The van der Waals surface area contributed by atoms with E-state index in [9.17, 15) is 39.0 Å². The Hall–Kier alpha value is 1.64. The number of anilines is 4. The van der Waals surface area contributed by atoms with Gasteiger partial charge in [-0.1, -0.05) is 0 Å². The minimum absolute atomic E-state index is 0. The van der Waals surface area contributed by atoms with Gasteiger partial charge in [0, 0.05) is 60.2 Å². The van der Waals surface area contributed by atoms with Crippen molar-refractivity contribution in [1.82, 2.24) is 0 Å². The maximum atomic E-state index is 11.6. The molecule has 20 heteroatoms. The number of carboxylic acid groups (broad SMARTS) is 2. The number of rotatable bonds is 6. The largest absolute Gasteiger partial charge is 1.00 e. The molecule has 2 rings (SSSR count). The topological polar surface area (TPSA) is 188 Å². The van der Waals surface area contributed by atoms with E-state index in [0.29, 0.717) is 44.2 Å². The number of amides is 4.